The summed E-state index contributed by atoms with van der Waals surface area (Å²) in [6.45, 7) is 6.33. The maximum absolute atomic E-state index is 5.86. The quantitative estimate of drug-likeness (QED) is 0.904. The molecular formula is C16H21N3. The lowest BCUT2D eigenvalue weighted by atomic mass is 10.1. The Hall–Kier alpha value is -1.90. The van der Waals surface area contributed by atoms with Crippen molar-refractivity contribution >= 4 is 5.82 Å². The minimum Gasteiger partial charge on any atom is -0.384 e. The van der Waals surface area contributed by atoms with E-state index < -0.39 is 0 Å². The number of nitrogen functional groups attached to an aromatic ring is 1. The number of anilines is 1. The average molecular weight is 255 g/mol. The normalized spacial score (nSPS) is 10.9. The second-order valence-electron chi connectivity index (χ2n) is 5.14. The Morgan fingerprint density at radius 1 is 1.11 bits per heavy atom. The molecule has 2 rings (SSSR count). The summed E-state index contributed by atoms with van der Waals surface area (Å²) in [6, 6.07) is 10.4. The van der Waals surface area contributed by atoms with Crippen molar-refractivity contribution in [1.82, 2.24) is 9.97 Å². The van der Waals surface area contributed by atoms with E-state index in [4.69, 9.17) is 5.73 Å². The van der Waals surface area contributed by atoms with Crippen molar-refractivity contribution in [3.8, 4) is 11.3 Å². The summed E-state index contributed by atoms with van der Waals surface area (Å²) in [5.74, 6) is 1.61. The Balaban J connectivity index is 2.35. The zero-order valence-electron chi connectivity index (χ0n) is 11.9. The van der Waals surface area contributed by atoms with Gasteiger partial charge in [0, 0.05) is 17.5 Å². The van der Waals surface area contributed by atoms with Crippen LogP contribution in [0.4, 0.5) is 5.82 Å². The molecule has 0 aliphatic rings. The highest BCUT2D eigenvalue weighted by atomic mass is 14.9. The van der Waals surface area contributed by atoms with E-state index in [1.54, 1.807) is 0 Å². The van der Waals surface area contributed by atoms with Crippen LogP contribution in [0.5, 0.6) is 0 Å². The fourth-order valence-corrected chi connectivity index (χ4v) is 2.02. The Labute approximate surface area is 114 Å². The van der Waals surface area contributed by atoms with Gasteiger partial charge in [-0.15, -0.1) is 0 Å². The zero-order valence-corrected chi connectivity index (χ0v) is 11.9. The van der Waals surface area contributed by atoms with E-state index in [1.165, 1.54) is 5.56 Å². The number of nitrogens with zero attached hydrogens (tertiary/aromatic N) is 2. The van der Waals surface area contributed by atoms with E-state index in [-0.39, 0.29) is 5.92 Å². The number of aromatic nitrogens is 2. The van der Waals surface area contributed by atoms with Crippen molar-refractivity contribution in [3.63, 3.8) is 0 Å². The van der Waals surface area contributed by atoms with Crippen LogP contribution < -0.4 is 5.73 Å². The fraction of sp³-hybridized carbons (Fsp3) is 0.375. The smallest absolute Gasteiger partial charge is 0.133 e. The van der Waals surface area contributed by atoms with E-state index in [1.807, 2.05) is 6.07 Å². The van der Waals surface area contributed by atoms with Crippen LogP contribution in [0.2, 0.25) is 0 Å². The van der Waals surface area contributed by atoms with Crippen molar-refractivity contribution in [2.45, 2.75) is 39.5 Å². The van der Waals surface area contributed by atoms with Crippen LogP contribution in [-0.2, 0) is 6.42 Å². The van der Waals surface area contributed by atoms with E-state index >= 15 is 0 Å². The zero-order chi connectivity index (χ0) is 13.8. The highest BCUT2D eigenvalue weighted by Gasteiger charge is 2.08. The Morgan fingerprint density at radius 3 is 2.37 bits per heavy atom. The largest absolute Gasteiger partial charge is 0.384 e. The molecule has 1 aromatic carbocycles. The van der Waals surface area contributed by atoms with Crippen LogP contribution in [0.1, 0.15) is 44.5 Å². The molecule has 0 aliphatic heterocycles. The fourth-order valence-electron chi connectivity index (χ4n) is 2.02. The van der Waals surface area contributed by atoms with E-state index in [0.29, 0.717) is 5.82 Å². The summed E-state index contributed by atoms with van der Waals surface area (Å²) in [5.41, 5.74) is 9.22. The molecule has 0 saturated carbocycles. The van der Waals surface area contributed by atoms with Gasteiger partial charge < -0.3 is 5.73 Å². The predicted octanol–water partition coefficient (Wildman–Crippen LogP) is 3.80. The lowest BCUT2D eigenvalue weighted by Gasteiger charge is -2.08. The van der Waals surface area contributed by atoms with Gasteiger partial charge in [0.05, 0.1) is 5.69 Å². The first-order valence-electron chi connectivity index (χ1n) is 6.84. The SMILES string of the molecule is CCCc1ccc(-c2cc(N)nc(C(C)C)n2)cc1. The van der Waals surface area contributed by atoms with Crippen molar-refractivity contribution in [2.75, 3.05) is 5.73 Å². The van der Waals surface area contributed by atoms with Crippen molar-refractivity contribution in [2.24, 2.45) is 0 Å². The molecule has 2 aromatic rings. The standard InChI is InChI=1S/C16H21N3/c1-4-5-12-6-8-13(9-7-12)14-10-15(17)19-16(18-14)11(2)3/h6-11H,4-5H2,1-3H3,(H2,17,18,19). The van der Waals surface area contributed by atoms with Gasteiger partial charge in [-0.05, 0) is 12.0 Å². The molecule has 2 N–H and O–H groups in total. The van der Waals surface area contributed by atoms with Crippen LogP contribution in [0, 0.1) is 0 Å². The molecule has 0 amide bonds. The molecule has 100 valence electrons. The molecule has 0 radical (unpaired) electrons. The molecule has 3 heteroatoms. The molecule has 0 unspecified atom stereocenters. The number of nitrogens with two attached hydrogens (primary N) is 1. The van der Waals surface area contributed by atoms with Gasteiger partial charge in [-0.3, -0.25) is 0 Å². The number of hydrogen-bond donors (Lipinski definition) is 1. The van der Waals surface area contributed by atoms with Crippen molar-refractivity contribution in [3.05, 3.63) is 41.7 Å². The Kier molecular flexibility index (Phi) is 4.15. The van der Waals surface area contributed by atoms with Gasteiger partial charge in [-0.2, -0.15) is 0 Å². The first-order valence-corrected chi connectivity index (χ1v) is 6.84. The van der Waals surface area contributed by atoms with Gasteiger partial charge >= 0.3 is 0 Å². The molecule has 0 bridgehead atoms. The maximum Gasteiger partial charge on any atom is 0.133 e. The maximum atomic E-state index is 5.86. The molecular weight excluding hydrogens is 234 g/mol. The molecule has 0 fully saturated rings. The van der Waals surface area contributed by atoms with Gasteiger partial charge in [0.25, 0.3) is 0 Å². The van der Waals surface area contributed by atoms with Crippen LogP contribution in [-0.4, -0.2) is 9.97 Å². The topological polar surface area (TPSA) is 51.8 Å². The third-order valence-corrected chi connectivity index (χ3v) is 3.07. The summed E-state index contributed by atoms with van der Waals surface area (Å²) in [6.07, 6.45) is 2.28. The Bertz CT molecular complexity index is 544. The van der Waals surface area contributed by atoms with Gasteiger partial charge in [0.15, 0.2) is 0 Å². The Morgan fingerprint density at radius 2 is 1.79 bits per heavy atom. The summed E-state index contributed by atoms with van der Waals surface area (Å²) >= 11 is 0. The number of hydrogen-bond acceptors (Lipinski definition) is 3. The minimum atomic E-state index is 0.279. The minimum absolute atomic E-state index is 0.279. The average Bonchev–Trinajstić information content (AvgIpc) is 2.39. The second-order valence-corrected chi connectivity index (χ2v) is 5.14. The van der Waals surface area contributed by atoms with E-state index in [0.717, 1.165) is 29.9 Å². The van der Waals surface area contributed by atoms with Crippen LogP contribution in [0.15, 0.2) is 30.3 Å². The molecule has 19 heavy (non-hydrogen) atoms. The first kappa shape index (κ1) is 13.5. The van der Waals surface area contributed by atoms with Crippen molar-refractivity contribution in [1.29, 1.82) is 0 Å². The van der Waals surface area contributed by atoms with Gasteiger partial charge in [0.1, 0.15) is 11.6 Å². The lowest BCUT2D eigenvalue weighted by molar-refractivity contribution is 0.778. The summed E-state index contributed by atoms with van der Waals surface area (Å²) in [7, 11) is 0. The van der Waals surface area contributed by atoms with Crippen molar-refractivity contribution < 1.29 is 0 Å². The van der Waals surface area contributed by atoms with Crippen LogP contribution in [0.25, 0.3) is 11.3 Å². The highest BCUT2D eigenvalue weighted by molar-refractivity contribution is 5.62. The molecule has 3 nitrogen and oxygen atoms in total. The van der Waals surface area contributed by atoms with Crippen LogP contribution >= 0.6 is 0 Å². The first-order chi connectivity index (χ1) is 9.10. The van der Waals surface area contributed by atoms with E-state index in [2.05, 4.69) is 55.0 Å². The number of rotatable bonds is 4. The summed E-state index contributed by atoms with van der Waals surface area (Å²) in [5, 5.41) is 0. The second kappa shape index (κ2) is 5.83. The highest BCUT2D eigenvalue weighted by Crippen LogP contribution is 2.22. The summed E-state index contributed by atoms with van der Waals surface area (Å²) in [4.78, 5) is 8.86. The molecule has 0 aliphatic carbocycles. The van der Waals surface area contributed by atoms with E-state index in [9.17, 15) is 0 Å². The molecule has 0 spiro atoms. The summed E-state index contributed by atoms with van der Waals surface area (Å²) < 4.78 is 0. The molecule has 0 atom stereocenters. The third-order valence-electron chi connectivity index (χ3n) is 3.07. The molecule has 1 aromatic heterocycles. The van der Waals surface area contributed by atoms with Gasteiger partial charge in [-0.25, -0.2) is 9.97 Å². The van der Waals surface area contributed by atoms with Gasteiger partial charge in [0.2, 0.25) is 0 Å². The molecule has 1 heterocycles. The third kappa shape index (κ3) is 3.31. The number of aryl methyl sites for hydroxylation is 1. The van der Waals surface area contributed by atoms with Gasteiger partial charge in [-0.1, -0.05) is 51.5 Å². The van der Waals surface area contributed by atoms with Crippen LogP contribution in [0.3, 0.4) is 0 Å². The monoisotopic (exact) mass is 255 g/mol. The molecule has 0 saturated heterocycles. The number of benzene rings is 1. The lowest BCUT2D eigenvalue weighted by Crippen LogP contribution is -2.02. The predicted molar refractivity (Wildman–Crippen MR) is 80.0 cm³/mol.